The lowest BCUT2D eigenvalue weighted by atomic mass is 10.1. The van der Waals surface area contributed by atoms with Gasteiger partial charge < -0.3 is 14.7 Å². The number of nitrogens with zero attached hydrogens (tertiary/aromatic N) is 1. The zero-order chi connectivity index (χ0) is 12.4. The number of rotatable bonds is 3. The molecule has 1 aromatic rings. The van der Waals surface area contributed by atoms with E-state index in [9.17, 15) is 4.79 Å². The molecule has 92 valence electrons. The van der Waals surface area contributed by atoms with Gasteiger partial charge in [-0.25, -0.2) is 0 Å². The molecule has 1 aromatic carbocycles. The van der Waals surface area contributed by atoms with Crippen LogP contribution in [0.4, 0.5) is 5.69 Å². The Hall–Kier alpha value is -1.55. The van der Waals surface area contributed by atoms with Gasteiger partial charge in [0.1, 0.15) is 5.75 Å². The molecule has 1 aliphatic rings. The molecule has 0 spiro atoms. The van der Waals surface area contributed by atoms with Crippen LogP contribution in [0, 0.1) is 0 Å². The molecule has 0 saturated heterocycles. The molecule has 4 nitrogen and oxygen atoms in total. The zero-order valence-electron chi connectivity index (χ0n) is 10.1. The number of anilines is 1. The molecule has 2 rings (SSSR count). The highest BCUT2D eigenvalue weighted by atomic mass is 16.5. The van der Waals surface area contributed by atoms with Crippen LogP contribution in [-0.2, 0) is 11.4 Å². The molecule has 1 unspecified atom stereocenters. The van der Waals surface area contributed by atoms with Gasteiger partial charge in [0.15, 0.2) is 6.10 Å². The van der Waals surface area contributed by atoms with Crippen molar-refractivity contribution in [1.82, 2.24) is 0 Å². The number of ether oxygens (including phenoxy) is 1. The summed E-state index contributed by atoms with van der Waals surface area (Å²) >= 11 is 0. The SMILES string of the molecule is CCC1Oc2ccc(CO)cc2N(CC)C1=O. The van der Waals surface area contributed by atoms with Crippen molar-refractivity contribution in [2.75, 3.05) is 11.4 Å². The maximum atomic E-state index is 12.1. The molecule has 0 bridgehead atoms. The lowest BCUT2D eigenvalue weighted by Gasteiger charge is -2.33. The van der Waals surface area contributed by atoms with Gasteiger partial charge >= 0.3 is 0 Å². The number of carbonyl (C=O) groups excluding carboxylic acids is 1. The van der Waals surface area contributed by atoms with Crippen molar-refractivity contribution < 1.29 is 14.6 Å². The molecule has 1 amide bonds. The predicted molar refractivity (Wildman–Crippen MR) is 65.1 cm³/mol. The van der Waals surface area contributed by atoms with Crippen molar-refractivity contribution in [1.29, 1.82) is 0 Å². The molecule has 0 aliphatic carbocycles. The highest BCUT2D eigenvalue weighted by Crippen LogP contribution is 2.35. The van der Waals surface area contributed by atoms with Gasteiger partial charge in [-0.15, -0.1) is 0 Å². The van der Waals surface area contributed by atoms with Gasteiger partial charge in [0.05, 0.1) is 12.3 Å². The third-order valence-corrected chi connectivity index (χ3v) is 2.99. The molecule has 17 heavy (non-hydrogen) atoms. The van der Waals surface area contributed by atoms with Crippen molar-refractivity contribution in [3.05, 3.63) is 23.8 Å². The summed E-state index contributed by atoms with van der Waals surface area (Å²) in [6, 6.07) is 5.44. The van der Waals surface area contributed by atoms with Crippen LogP contribution in [0.25, 0.3) is 0 Å². The number of carbonyl (C=O) groups is 1. The summed E-state index contributed by atoms with van der Waals surface area (Å²) in [4.78, 5) is 13.8. The maximum Gasteiger partial charge on any atom is 0.268 e. The standard InChI is InChI=1S/C13H17NO3/c1-3-11-13(16)14(4-2)10-7-9(8-15)5-6-12(10)17-11/h5-7,11,15H,3-4,8H2,1-2H3. The van der Waals surface area contributed by atoms with Crippen molar-refractivity contribution in [2.45, 2.75) is 33.0 Å². The van der Waals surface area contributed by atoms with E-state index >= 15 is 0 Å². The van der Waals surface area contributed by atoms with Crippen molar-refractivity contribution >= 4 is 11.6 Å². The van der Waals surface area contributed by atoms with E-state index in [4.69, 9.17) is 9.84 Å². The Balaban J connectivity index is 2.45. The molecule has 1 aliphatic heterocycles. The number of amides is 1. The van der Waals surface area contributed by atoms with Crippen LogP contribution in [0.15, 0.2) is 18.2 Å². The Morgan fingerprint density at radius 1 is 1.41 bits per heavy atom. The van der Waals surface area contributed by atoms with Crippen LogP contribution in [0.5, 0.6) is 5.75 Å². The van der Waals surface area contributed by atoms with Crippen LogP contribution >= 0.6 is 0 Å². The molecular formula is C13H17NO3. The number of fused-ring (bicyclic) bond motifs is 1. The maximum absolute atomic E-state index is 12.1. The Labute approximate surface area is 101 Å². The Morgan fingerprint density at radius 2 is 2.18 bits per heavy atom. The van der Waals surface area contributed by atoms with Crippen LogP contribution in [0.2, 0.25) is 0 Å². The van der Waals surface area contributed by atoms with E-state index in [2.05, 4.69) is 0 Å². The fourth-order valence-electron chi connectivity index (χ4n) is 2.05. The van der Waals surface area contributed by atoms with Crippen LogP contribution in [0.3, 0.4) is 0 Å². The Bertz CT molecular complexity index is 431. The second-order valence-corrected chi connectivity index (χ2v) is 4.06. The summed E-state index contributed by atoms with van der Waals surface area (Å²) in [5.74, 6) is 0.716. The fraction of sp³-hybridized carbons (Fsp3) is 0.462. The molecule has 0 fully saturated rings. The van der Waals surface area contributed by atoms with E-state index < -0.39 is 0 Å². The van der Waals surface area contributed by atoms with Crippen molar-refractivity contribution in [3.63, 3.8) is 0 Å². The lowest BCUT2D eigenvalue weighted by molar-refractivity contribution is -0.126. The van der Waals surface area contributed by atoms with E-state index in [1.165, 1.54) is 0 Å². The first-order valence-corrected chi connectivity index (χ1v) is 5.93. The number of aliphatic hydroxyl groups is 1. The van der Waals surface area contributed by atoms with Crippen LogP contribution in [0.1, 0.15) is 25.8 Å². The Morgan fingerprint density at radius 3 is 2.76 bits per heavy atom. The van der Waals surface area contributed by atoms with E-state index in [0.29, 0.717) is 13.0 Å². The minimum absolute atomic E-state index is 0.00223. The average Bonchev–Trinajstić information content (AvgIpc) is 2.37. The van der Waals surface area contributed by atoms with Gasteiger partial charge in [-0.2, -0.15) is 0 Å². The van der Waals surface area contributed by atoms with Crippen molar-refractivity contribution in [2.24, 2.45) is 0 Å². The van der Waals surface area contributed by atoms with Gasteiger partial charge in [-0.3, -0.25) is 4.79 Å². The minimum Gasteiger partial charge on any atom is -0.478 e. The van der Waals surface area contributed by atoms with E-state index in [1.54, 1.807) is 4.90 Å². The fourth-order valence-corrected chi connectivity index (χ4v) is 2.05. The topological polar surface area (TPSA) is 49.8 Å². The van der Waals surface area contributed by atoms with Crippen LogP contribution < -0.4 is 9.64 Å². The van der Waals surface area contributed by atoms with E-state index in [1.807, 2.05) is 32.0 Å². The smallest absolute Gasteiger partial charge is 0.268 e. The molecule has 0 radical (unpaired) electrons. The summed E-state index contributed by atoms with van der Waals surface area (Å²) in [7, 11) is 0. The van der Waals surface area contributed by atoms with Gasteiger partial charge in [0, 0.05) is 6.54 Å². The van der Waals surface area contributed by atoms with Gasteiger partial charge in [-0.05, 0) is 31.0 Å². The molecule has 1 atom stereocenters. The first-order chi connectivity index (χ1) is 8.21. The number of hydrogen-bond donors (Lipinski definition) is 1. The van der Waals surface area contributed by atoms with Crippen LogP contribution in [-0.4, -0.2) is 23.7 Å². The highest BCUT2D eigenvalue weighted by Gasteiger charge is 2.32. The van der Waals surface area contributed by atoms with Crippen molar-refractivity contribution in [3.8, 4) is 5.75 Å². The summed E-state index contributed by atoms with van der Waals surface area (Å²) in [6.07, 6.45) is 0.277. The number of hydrogen-bond acceptors (Lipinski definition) is 3. The molecule has 0 saturated carbocycles. The lowest BCUT2D eigenvalue weighted by Crippen LogP contribution is -2.45. The molecule has 1 heterocycles. The summed E-state index contributed by atoms with van der Waals surface area (Å²) in [6.45, 7) is 4.45. The average molecular weight is 235 g/mol. The minimum atomic E-state index is -0.387. The van der Waals surface area contributed by atoms with Gasteiger partial charge in [0.2, 0.25) is 0 Å². The quantitative estimate of drug-likeness (QED) is 0.867. The molecule has 1 N–H and O–H groups in total. The Kier molecular flexibility index (Phi) is 3.33. The number of aliphatic hydroxyl groups excluding tert-OH is 1. The molecule has 4 heteroatoms. The first-order valence-electron chi connectivity index (χ1n) is 5.93. The summed E-state index contributed by atoms with van der Waals surface area (Å²) < 4.78 is 5.65. The normalized spacial score (nSPS) is 18.9. The monoisotopic (exact) mass is 235 g/mol. The second kappa shape index (κ2) is 4.75. The largest absolute Gasteiger partial charge is 0.478 e. The summed E-state index contributed by atoms with van der Waals surface area (Å²) in [5.41, 5.74) is 1.54. The van der Waals surface area contributed by atoms with E-state index in [-0.39, 0.29) is 18.6 Å². The number of benzene rings is 1. The molecule has 0 aromatic heterocycles. The third kappa shape index (κ3) is 2.00. The van der Waals surface area contributed by atoms with Gasteiger partial charge in [0.25, 0.3) is 5.91 Å². The van der Waals surface area contributed by atoms with Gasteiger partial charge in [-0.1, -0.05) is 13.0 Å². The molecular weight excluding hydrogens is 218 g/mol. The van der Waals surface area contributed by atoms with E-state index in [0.717, 1.165) is 17.0 Å². The highest BCUT2D eigenvalue weighted by molar-refractivity contribution is 6.00. The summed E-state index contributed by atoms with van der Waals surface area (Å²) in [5, 5.41) is 9.12. The third-order valence-electron chi connectivity index (χ3n) is 2.99. The zero-order valence-corrected chi connectivity index (χ0v) is 10.1. The first kappa shape index (κ1) is 11.9. The second-order valence-electron chi connectivity index (χ2n) is 4.06. The number of likely N-dealkylation sites (N-methyl/N-ethyl adjacent to an activating group) is 1. The predicted octanol–water partition coefficient (Wildman–Crippen LogP) is 1.70.